The first-order valence-electron chi connectivity index (χ1n) is 8.25. The van der Waals surface area contributed by atoms with E-state index >= 15 is 0 Å². The molecular weight excluding hydrogens is 278 g/mol. The molecule has 0 aliphatic carbocycles. The molecule has 1 aliphatic rings. The summed E-state index contributed by atoms with van der Waals surface area (Å²) < 4.78 is 0. The number of hydrogen-bond donors (Lipinski definition) is 2. The average molecular weight is 305 g/mol. The summed E-state index contributed by atoms with van der Waals surface area (Å²) >= 11 is 0. The van der Waals surface area contributed by atoms with Crippen molar-refractivity contribution in [2.75, 3.05) is 19.6 Å². The third-order valence-electron chi connectivity index (χ3n) is 4.41. The first-order valence-corrected chi connectivity index (χ1v) is 8.25. The lowest BCUT2D eigenvalue weighted by Crippen LogP contribution is -2.42. The Morgan fingerprint density at radius 3 is 2.55 bits per heavy atom. The normalized spacial score (nSPS) is 17.7. The molecule has 2 heterocycles. The topological polar surface area (TPSA) is 65.2 Å². The SMILES string of the molecule is CCCN(C(=O)c1[nH]c(C)c(C(C)=O)c1CC)C1CCNC1. The molecule has 1 amide bonds. The fourth-order valence-electron chi connectivity index (χ4n) is 3.43. The van der Waals surface area contributed by atoms with Gasteiger partial charge in [-0.05, 0) is 45.2 Å². The van der Waals surface area contributed by atoms with Crippen LogP contribution in [0.15, 0.2) is 0 Å². The predicted octanol–water partition coefficient (Wildman–Crippen LogP) is 2.30. The maximum atomic E-state index is 13.0. The molecule has 5 heteroatoms. The van der Waals surface area contributed by atoms with Crippen molar-refractivity contribution in [3.63, 3.8) is 0 Å². The van der Waals surface area contributed by atoms with Crippen LogP contribution in [0.3, 0.4) is 0 Å². The van der Waals surface area contributed by atoms with Gasteiger partial charge >= 0.3 is 0 Å². The smallest absolute Gasteiger partial charge is 0.270 e. The van der Waals surface area contributed by atoms with Crippen LogP contribution in [0.25, 0.3) is 0 Å². The molecule has 1 aromatic rings. The number of ketones is 1. The van der Waals surface area contributed by atoms with Crippen molar-refractivity contribution in [3.05, 3.63) is 22.5 Å². The summed E-state index contributed by atoms with van der Waals surface area (Å²) in [5.74, 6) is 0.0530. The van der Waals surface area contributed by atoms with Gasteiger partial charge in [0.25, 0.3) is 5.91 Å². The highest BCUT2D eigenvalue weighted by atomic mass is 16.2. The molecule has 0 saturated carbocycles. The third-order valence-corrected chi connectivity index (χ3v) is 4.41. The maximum absolute atomic E-state index is 13.0. The van der Waals surface area contributed by atoms with E-state index in [0.29, 0.717) is 17.7 Å². The van der Waals surface area contributed by atoms with Crippen molar-refractivity contribution >= 4 is 11.7 Å². The van der Waals surface area contributed by atoms with Crippen molar-refractivity contribution in [3.8, 4) is 0 Å². The molecule has 1 fully saturated rings. The van der Waals surface area contributed by atoms with E-state index in [4.69, 9.17) is 0 Å². The van der Waals surface area contributed by atoms with Gasteiger partial charge in [-0.1, -0.05) is 13.8 Å². The van der Waals surface area contributed by atoms with E-state index in [0.717, 1.165) is 43.7 Å². The van der Waals surface area contributed by atoms with Crippen LogP contribution in [-0.4, -0.2) is 47.3 Å². The number of Topliss-reactive ketones (excluding diaryl/α,β-unsaturated/α-hetero) is 1. The standard InChI is InChI=1S/C17H27N3O2/c1-5-9-20(13-7-8-18-10-13)17(22)16-14(6-2)15(12(4)21)11(3)19-16/h13,18-19H,5-10H2,1-4H3. The minimum Gasteiger partial charge on any atom is -0.354 e. The maximum Gasteiger partial charge on any atom is 0.270 e. The fourth-order valence-corrected chi connectivity index (χ4v) is 3.43. The van der Waals surface area contributed by atoms with Crippen LogP contribution in [0.1, 0.15) is 65.7 Å². The Balaban J connectivity index is 2.38. The van der Waals surface area contributed by atoms with Crippen molar-refractivity contribution in [2.24, 2.45) is 0 Å². The Morgan fingerprint density at radius 1 is 1.32 bits per heavy atom. The predicted molar refractivity (Wildman–Crippen MR) is 87.5 cm³/mol. The Morgan fingerprint density at radius 2 is 2.05 bits per heavy atom. The van der Waals surface area contributed by atoms with Gasteiger partial charge in [-0.15, -0.1) is 0 Å². The first kappa shape index (κ1) is 16.7. The third kappa shape index (κ3) is 3.09. The first-order chi connectivity index (χ1) is 10.5. The van der Waals surface area contributed by atoms with E-state index in [1.165, 1.54) is 0 Å². The van der Waals surface area contributed by atoms with Crippen molar-refractivity contribution in [2.45, 2.75) is 53.0 Å². The molecule has 0 radical (unpaired) electrons. The summed E-state index contributed by atoms with van der Waals surface area (Å²) in [4.78, 5) is 30.1. The van der Waals surface area contributed by atoms with Crippen LogP contribution in [0.5, 0.6) is 0 Å². The molecule has 2 rings (SSSR count). The number of amides is 1. The number of hydrogen-bond acceptors (Lipinski definition) is 3. The second-order valence-corrected chi connectivity index (χ2v) is 6.03. The molecule has 1 aromatic heterocycles. The van der Waals surface area contributed by atoms with E-state index in [1.54, 1.807) is 6.92 Å². The number of rotatable bonds is 6. The Hall–Kier alpha value is -1.62. The van der Waals surface area contributed by atoms with Crippen LogP contribution in [-0.2, 0) is 6.42 Å². The highest BCUT2D eigenvalue weighted by Gasteiger charge is 2.30. The second-order valence-electron chi connectivity index (χ2n) is 6.03. The lowest BCUT2D eigenvalue weighted by Gasteiger charge is -2.28. The van der Waals surface area contributed by atoms with Gasteiger partial charge in [-0.3, -0.25) is 9.59 Å². The molecule has 0 aromatic carbocycles. The highest BCUT2D eigenvalue weighted by Crippen LogP contribution is 2.23. The van der Waals surface area contributed by atoms with E-state index in [1.807, 2.05) is 18.7 Å². The monoisotopic (exact) mass is 305 g/mol. The number of carbonyl (C=O) groups is 2. The van der Waals surface area contributed by atoms with E-state index in [-0.39, 0.29) is 17.7 Å². The lowest BCUT2D eigenvalue weighted by atomic mass is 10.0. The van der Waals surface area contributed by atoms with E-state index in [9.17, 15) is 9.59 Å². The minimum absolute atomic E-state index is 0.0224. The zero-order valence-corrected chi connectivity index (χ0v) is 14.1. The molecule has 122 valence electrons. The largest absolute Gasteiger partial charge is 0.354 e. The molecule has 2 N–H and O–H groups in total. The number of nitrogens with one attached hydrogen (secondary N) is 2. The molecule has 1 saturated heterocycles. The van der Waals surface area contributed by atoms with Crippen molar-refractivity contribution in [1.29, 1.82) is 0 Å². The highest BCUT2D eigenvalue weighted by molar-refractivity contribution is 6.02. The number of carbonyl (C=O) groups excluding carboxylic acids is 2. The minimum atomic E-state index is 0.0224. The van der Waals surface area contributed by atoms with Crippen molar-refractivity contribution < 1.29 is 9.59 Å². The molecule has 22 heavy (non-hydrogen) atoms. The number of nitrogens with zero attached hydrogens (tertiary/aromatic N) is 1. The average Bonchev–Trinajstić information content (AvgIpc) is 3.10. The Bertz CT molecular complexity index is 556. The van der Waals surface area contributed by atoms with Gasteiger partial charge in [0.15, 0.2) is 5.78 Å². The zero-order chi connectivity index (χ0) is 16.3. The van der Waals surface area contributed by atoms with Crippen LogP contribution >= 0.6 is 0 Å². The molecule has 5 nitrogen and oxygen atoms in total. The van der Waals surface area contributed by atoms with Gasteiger partial charge in [0.1, 0.15) is 5.69 Å². The van der Waals surface area contributed by atoms with Crippen LogP contribution in [0, 0.1) is 6.92 Å². The Kier molecular flexibility index (Phi) is 5.40. The van der Waals surface area contributed by atoms with Gasteiger partial charge in [0, 0.05) is 30.4 Å². The van der Waals surface area contributed by atoms with Crippen LogP contribution < -0.4 is 5.32 Å². The number of H-pyrrole nitrogens is 1. The Labute approximate surface area is 132 Å². The van der Waals surface area contributed by atoms with Gasteiger partial charge in [-0.25, -0.2) is 0 Å². The number of aromatic nitrogens is 1. The zero-order valence-electron chi connectivity index (χ0n) is 14.1. The second kappa shape index (κ2) is 7.09. The van der Waals surface area contributed by atoms with E-state index in [2.05, 4.69) is 17.2 Å². The quantitative estimate of drug-likeness (QED) is 0.793. The molecule has 1 aliphatic heterocycles. The number of aryl methyl sites for hydroxylation is 1. The van der Waals surface area contributed by atoms with Crippen molar-refractivity contribution in [1.82, 2.24) is 15.2 Å². The summed E-state index contributed by atoms with van der Waals surface area (Å²) in [6.45, 7) is 10.1. The fraction of sp³-hybridized carbons (Fsp3) is 0.647. The summed E-state index contributed by atoms with van der Waals surface area (Å²) in [5.41, 5.74) is 2.95. The van der Waals surface area contributed by atoms with E-state index < -0.39 is 0 Å². The summed E-state index contributed by atoms with van der Waals surface area (Å²) in [6.07, 6.45) is 2.61. The van der Waals surface area contributed by atoms with Gasteiger partial charge in [-0.2, -0.15) is 0 Å². The summed E-state index contributed by atoms with van der Waals surface area (Å²) in [5, 5.41) is 3.32. The summed E-state index contributed by atoms with van der Waals surface area (Å²) in [6, 6.07) is 0.251. The van der Waals surface area contributed by atoms with Crippen LogP contribution in [0.2, 0.25) is 0 Å². The molecule has 0 bridgehead atoms. The molecular formula is C17H27N3O2. The lowest BCUT2D eigenvalue weighted by molar-refractivity contribution is 0.0685. The van der Waals surface area contributed by atoms with Gasteiger partial charge in [0.05, 0.1) is 0 Å². The van der Waals surface area contributed by atoms with Crippen LogP contribution in [0.4, 0.5) is 0 Å². The number of aromatic amines is 1. The summed E-state index contributed by atoms with van der Waals surface area (Å²) in [7, 11) is 0. The molecule has 1 unspecified atom stereocenters. The molecule has 1 atom stereocenters. The van der Waals surface area contributed by atoms with Gasteiger partial charge < -0.3 is 15.2 Å². The van der Waals surface area contributed by atoms with Gasteiger partial charge in [0.2, 0.25) is 0 Å². The molecule has 0 spiro atoms.